The molecule has 11 heteroatoms. The monoisotopic (exact) mass is 471 g/mol. The van der Waals surface area contributed by atoms with Crippen molar-refractivity contribution in [2.75, 3.05) is 0 Å². The molecule has 2 N–H and O–H groups in total. The van der Waals surface area contributed by atoms with E-state index in [9.17, 15) is 26.4 Å². The Kier molecular flexibility index (Phi) is 7.40. The molecule has 1 fully saturated rings. The molecule has 1 aromatic carbocycles. The predicted octanol–water partition coefficient (Wildman–Crippen LogP) is 3.41. The summed E-state index contributed by atoms with van der Waals surface area (Å²) in [6.07, 6.45) is 0.814. The number of benzene rings is 1. The molecule has 0 saturated heterocycles. The van der Waals surface area contributed by atoms with Crippen LogP contribution in [0.2, 0.25) is 0 Å². The Bertz CT molecular complexity index is 1050. The van der Waals surface area contributed by atoms with Crippen LogP contribution in [0.3, 0.4) is 0 Å². The summed E-state index contributed by atoms with van der Waals surface area (Å²) in [6, 6.07) is 5.90. The second-order valence-corrected chi connectivity index (χ2v) is 9.23. The molecule has 0 spiro atoms. The molecule has 174 valence electrons. The summed E-state index contributed by atoms with van der Waals surface area (Å²) in [5, 5.41) is 2.57. The number of sulfonamides is 1. The van der Waals surface area contributed by atoms with E-state index in [0.717, 1.165) is 37.8 Å². The van der Waals surface area contributed by atoms with Crippen LogP contribution in [0.15, 0.2) is 47.5 Å². The minimum Gasteiger partial charge on any atom is -0.474 e. The van der Waals surface area contributed by atoms with E-state index in [-0.39, 0.29) is 12.6 Å². The van der Waals surface area contributed by atoms with Gasteiger partial charge >= 0.3 is 6.18 Å². The molecule has 1 aliphatic rings. The molecule has 0 unspecified atom stereocenters. The van der Waals surface area contributed by atoms with E-state index in [1.807, 2.05) is 4.72 Å². The fraction of sp³-hybridized carbons (Fsp3) is 0.429. The summed E-state index contributed by atoms with van der Waals surface area (Å²) in [5.74, 6) is -0.305. The van der Waals surface area contributed by atoms with Crippen LogP contribution in [0.4, 0.5) is 13.2 Å². The van der Waals surface area contributed by atoms with Crippen LogP contribution in [0.1, 0.15) is 43.7 Å². The first-order valence-electron chi connectivity index (χ1n) is 10.1. The number of rotatable bonds is 8. The summed E-state index contributed by atoms with van der Waals surface area (Å²) < 4.78 is 72.5. The minimum atomic E-state index is -4.85. The molecule has 7 nitrogen and oxygen atoms in total. The number of carbonyl (C=O) groups is 1. The quantitative estimate of drug-likeness (QED) is 0.615. The van der Waals surface area contributed by atoms with Crippen molar-refractivity contribution >= 4 is 15.9 Å². The number of halogens is 3. The molecule has 32 heavy (non-hydrogen) atoms. The van der Waals surface area contributed by atoms with Crippen LogP contribution < -0.4 is 14.8 Å². The number of ether oxygens (including phenoxy) is 1. The van der Waals surface area contributed by atoms with Gasteiger partial charge in [0.05, 0.1) is 16.5 Å². The number of nitrogens with one attached hydrogen (secondary N) is 2. The van der Waals surface area contributed by atoms with Gasteiger partial charge in [0.15, 0.2) is 0 Å². The Hall–Kier alpha value is -2.66. The molecule has 1 heterocycles. The SMILES string of the molecule is C[C@H](NS(=O)(=O)c1ccccc1C(F)(F)F)C(=O)NCc1cccnc1OC1CCCC1. The topological polar surface area (TPSA) is 97.4 Å². The van der Waals surface area contributed by atoms with Crippen LogP contribution in [0.5, 0.6) is 5.88 Å². The molecule has 0 bridgehead atoms. The van der Waals surface area contributed by atoms with Gasteiger partial charge in [-0.3, -0.25) is 4.79 Å². The van der Waals surface area contributed by atoms with Crippen molar-refractivity contribution in [3.05, 3.63) is 53.7 Å². The number of carbonyl (C=O) groups excluding carboxylic acids is 1. The Balaban J connectivity index is 1.65. The van der Waals surface area contributed by atoms with Gasteiger partial charge in [0.1, 0.15) is 6.10 Å². The zero-order valence-corrected chi connectivity index (χ0v) is 18.2. The number of alkyl halides is 3. The maximum atomic E-state index is 13.2. The van der Waals surface area contributed by atoms with Crippen molar-refractivity contribution in [1.82, 2.24) is 15.0 Å². The lowest BCUT2D eigenvalue weighted by molar-refractivity contribution is -0.139. The van der Waals surface area contributed by atoms with E-state index in [4.69, 9.17) is 4.74 Å². The Morgan fingerprint density at radius 2 is 1.88 bits per heavy atom. The molecular weight excluding hydrogens is 447 g/mol. The first-order valence-corrected chi connectivity index (χ1v) is 11.6. The fourth-order valence-electron chi connectivity index (χ4n) is 3.45. The molecule has 0 aliphatic heterocycles. The molecule has 3 rings (SSSR count). The van der Waals surface area contributed by atoms with Crippen LogP contribution in [0.25, 0.3) is 0 Å². The molecule has 0 radical (unpaired) electrons. The van der Waals surface area contributed by atoms with E-state index in [1.54, 1.807) is 18.3 Å². The zero-order valence-electron chi connectivity index (χ0n) is 17.4. The highest BCUT2D eigenvalue weighted by molar-refractivity contribution is 7.89. The summed E-state index contributed by atoms with van der Waals surface area (Å²) in [4.78, 5) is 15.7. The van der Waals surface area contributed by atoms with Crippen LogP contribution in [-0.2, 0) is 27.5 Å². The number of hydrogen-bond donors (Lipinski definition) is 2. The van der Waals surface area contributed by atoms with Crippen LogP contribution >= 0.6 is 0 Å². The molecule has 1 aliphatic carbocycles. The van der Waals surface area contributed by atoms with E-state index in [0.29, 0.717) is 17.5 Å². The Morgan fingerprint density at radius 1 is 1.19 bits per heavy atom. The highest BCUT2D eigenvalue weighted by atomic mass is 32.2. The van der Waals surface area contributed by atoms with Gasteiger partial charge in [-0.05, 0) is 50.8 Å². The first-order chi connectivity index (χ1) is 15.1. The summed E-state index contributed by atoms with van der Waals surface area (Å²) in [5.41, 5.74) is -0.686. The molecular formula is C21H24F3N3O4S. The zero-order chi connectivity index (χ0) is 23.4. The van der Waals surface area contributed by atoms with Crippen molar-refractivity contribution in [1.29, 1.82) is 0 Å². The van der Waals surface area contributed by atoms with Crippen molar-refractivity contribution < 1.29 is 31.1 Å². The highest BCUT2D eigenvalue weighted by Crippen LogP contribution is 2.34. The summed E-state index contributed by atoms with van der Waals surface area (Å²) in [7, 11) is -4.59. The van der Waals surface area contributed by atoms with Gasteiger partial charge in [0.2, 0.25) is 21.8 Å². The van der Waals surface area contributed by atoms with Gasteiger partial charge in [0.25, 0.3) is 0 Å². The summed E-state index contributed by atoms with van der Waals surface area (Å²) in [6.45, 7) is 1.28. The third kappa shape index (κ3) is 5.98. The lowest BCUT2D eigenvalue weighted by Crippen LogP contribution is -2.44. The maximum absolute atomic E-state index is 13.2. The Labute approximate surface area is 184 Å². The van der Waals surface area contributed by atoms with Gasteiger partial charge in [0, 0.05) is 18.3 Å². The van der Waals surface area contributed by atoms with Crippen molar-refractivity contribution in [2.24, 2.45) is 0 Å². The maximum Gasteiger partial charge on any atom is 0.417 e. The van der Waals surface area contributed by atoms with Crippen molar-refractivity contribution in [2.45, 2.75) is 62.4 Å². The fourth-order valence-corrected chi connectivity index (χ4v) is 4.88. The van der Waals surface area contributed by atoms with E-state index in [2.05, 4.69) is 10.3 Å². The molecule has 2 aromatic rings. The number of amides is 1. The smallest absolute Gasteiger partial charge is 0.417 e. The first kappa shape index (κ1) is 24.0. The normalized spacial score (nSPS) is 16.0. The third-order valence-corrected chi connectivity index (χ3v) is 6.69. The van der Waals surface area contributed by atoms with E-state index in [1.165, 1.54) is 13.0 Å². The molecule has 1 aromatic heterocycles. The lowest BCUT2D eigenvalue weighted by atomic mass is 10.2. The Morgan fingerprint density at radius 3 is 2.56 bits per heavy atom. The van der Waals surface area contributed by atoms with Gasteiger partial charge in [-0.2, -0.15) is 17.9 Å². The van der Waals surface area contributed by atoms with E-state index < -0.39 is 38.6 Å². The van der Waals surface area contributed by atoms with Crippen molar-refractivity contribution in [3.63, 3.8) is 0 Å². The molecule has 1 atom stereocenters. The molecule has 1 saturated carbocycles. The van der Waals surface area contributed by atoms with Crippen LogP contribution in [0, 0.1) is 0 Å². The van der Waals surface area contributed by atoms with Gasteiger partial charge in [-0.15, -0.1) is 0 Å². The highest BCUT2D eigenvalue weighted by Gasteiger charge is 2.37. The van der Waals surface area contributed by atoms with Crippen molar-refractivity contribution in [3.8, 4) is 5.88 Å². The van der Waals surface area contributed by atoms with E-state index >= 15 is 0 Å². The number of nitrogens with zero attached hydrogens (tertiary/aromatic N) is 1. The number of aromatic nitrogens is 1. The average Bonchev–Trinajstić information content (AvgIpc) is 3.25. The predicted molar refractivity (Wildman–Crippen MR) is 110 cm³/mol. The second kappa shape index (κ2) is 9.86. The summed E-state index contributed by atoms with van der Waals surface area (Å²) >= 11 is 0. The lowest BCUT2D eigenvalue weighted by Gasteiger charge is -2.18. The van der Waals surface area contributed by atoms with Gasteiger partial charge < -0.3 is 10.1 Å². The number of hydrogen-bond acceptors (Lipinski definition) is 5. The third-order valence-electron chi connectivity index (χ3n) is 5.09. The minimum absolute atomic E-state index is 0.0277. The standard InChI is InChI=1S/C21H24F3N3O4S/c1-14(27-32(29,30)18-11-5-4-10-17(18)21(22,23)24)19(28)26-13-15-7-6-12-25-20(15)31-16-8-2-3-9-16/h4-7,10-12,14,16,27H,2-3,8-9,13H2,1H3,(H,26,28)/t14-/m0/s1. The number of pyridine rings is 1. The largest absolute Gasteiger partial charge is 0.474 e. The molecule has 1 amide bonds. The van der Waals surface area contributed by atoms with Crippen LogP contribution in [-0.4, -0.2) is 31.5 Å². The van der Waals surface area contributed by atoms with Gasteiger partial charge in [-0.1, -0.05) is 18.2 Å². The second-order valence-electron chi connectivity index (χ2n) is 7.55. The van der Waals surface area contributed by atoms with Gasteiger partial charge in [-0.25, -0.2) is 13.4 Å². The average molecular weight is 472 g/mol.